The molecular formula is C12H18ClNO. The highest BCUT2D eigenvalue weighted by Crippen LogP contribution is 2.25. The van der Waals surface area contributed by atoms with Crippen LogP contribution in [0.2, 0.25) is 5.02 Å². The van der Waals surface area contributed by atoms with Crippen molar-refractivity contribution in [1.82, 2.24) is 5.32 Å². The highest BCUT2D eigenvalue weighted by Gasteiger charge is 2.15. The Bertz CT molecular complexity index is 301. The molecule has 0 saturated heterocycles. The van der Waals surface area contributed by atoms with E-state index in [1.54, 1.807) is 0 Å². The van der Waals surface area contributed by atoms with Gasteiger partial charge in [0.05, 0.1) is 12.2 Å². The molecule has 0 radical (unpaired) electrons. The standard InChI is InChI=1S/C12H18ClNO/c1-9(2)15-12(8-14-3)10-6-4-5-7-11(10)13/h4-7,9,12,14H,8H2,1-3H3/t12-/m0/s1. The average molecular weight is 228 g/mol. The van der Waals surface area contributed by atoms with Crippen LogP contribution >= 0.6 is 11.6 Å². The van der Waals surface area contributed by atoms with Crippen LogP contribution < -0.4 is 5.32 Å². The molecule has 1 N–H and O–H groups in total. The Hall–Kier alpha value is -0.570. The Labute approximate surface area is 96.6 Å². The molecule has 1 atom stereocenters. The van der Waals surface area contributed by atoms with E-state index in [2.05, 4.69) is 5.32 Å². The number of benzene rings is 1. The molecule has 0 spiro atoms. The maximum atomic E-state index is 6.13. The number of nitrogens with one attached hydrogen (secondary N) is 1. The molecule has 0 amide bonds. The van der Waals surface area contributed by atoms with Crippen LogP contribution in [0.25, 0.3) is 0 Å². The zero-order valence-corrected chi connectivity index (χ0v) is 10.2. The van der Waals surface area contributed by atoms with Gasteiger partial charge < -0.3 is 10.1 Å². The number of rotatable bonds is 5. The van der Waals surface area contributed by atoms with Crippen molar-refractivity contribution >= 4 is 11.6 Å². The van der Waals surface area contributed by atoms with Gasteiger partial charge in [-0.1, -0.05) is 29.8 Å². The van der Waals surface area contributed by atoms with E-state index in [0.29, 0.717) is 0 Å². The Morgan fingerprint density at radius 3 is 2.53 bits per heavy atom. The maximum Gasteiger partial charge on any atom is 0.0966 e. The lowest BCUT2D eigenvalue weighted by Crippen LogP contribution is -2.22. The molecule has 0 aliphatic heterocycles. The molecular weight excluding hydrogens is 210 g/mol. The Morgan fingerprint density at radius 2 is 2.00 bits per heavy atom. The molecule has 0 saturated carbocycles. The van der Waals surface area contributed by atoms with Gasteiger partial charge in [-0.25, -0.2) is 0 Å². The van der Waals surface area contributed by atoms with E-state index in [1.807, 2.05) is 45.2 Å². The number of likely N-dealkylation sites (N-methyl/N-ethyl adjacent to an activating group) is 1. The Balaban J connectivity index is 2.83. The molecule has 0 fully saturated rings. The first kappa shape index (κ1) is 12.5. The van der Waals surface area contributed by atoms with Crippen LogP contribution in [-0.4, -0.2) is 19.7 Å². The number of hydrogen-bond acceptors (Lipinski definition) is 2. The van der Waals surface area contributed by atoms with E-state index in [4.69, 9.17) is 16.3 Å². The lowest BCUT2D eigenvalue weighted by molar-refractivity contribution is 0.00820. The summed E-state index contributed by atoms with van der Waals surface area (Å²) in [5.74, 6) is 0. The molecule has 0 heterocycles. The summed E-state index contributed by atoms with van der Waals surface area (Å²) in [7, 11) is 1.91. The largest absolute Gasteiger partial charge is 0.369 e. The highest BCUT2D eigenvalue weighted by atomic mass is 35.5. The van der Waals surface area contributed by atoms with E-state index < -0.39 is 0 Å². The fraction of sp³-hybridized carbons (Fsp3) is 0.500. The second-order valence-corrected chi connectivity index (χ2v) is 4.16. The second-order valence-electron chi connectivity index (χ2n) is 3.75. The van der Waals surface area contributed by atoms with E-state index in [1.165, 1.54) is 0 Å². The summed E-state index contributed by atoms with van der Waals surface area (Å²) in [6.07, 6.45) is 0.211. The zero-order chi connectivity index (χ0) is 11.3. The zero-order valence-electron chi connectivity index (χ0n) is 9.46. The van der Waals surface area contributed by atoms with Crippen LogP contribution in [0.15, 0.2) is 24.3 Å². The van der Waals surface area contributed by atoms with E-state index in [9.17, 15) is 0 Å². The number of halogens is 1. The lowest BCUT2D eigenvalue weighted by Gasteiger charge is -2.21. The first-order chi connectivity index (χ1) is 7.15. The van der Waals surface area contributed by atoms with Gasteiger partial charge in [-0.3, -0.25) is 0 Å². The fourth-order valence-electron chi connectivity index (χ4n) is 1.48. The van der Waals surface area contributed by atoms with Gasteiger partial charge in [0.15, 0.2) is 0 Å². The van der Waals surface area contributed by atoms with Crippen molar-refractivity contribution < 1.29 is 4.74 Å². The van der Waals surface area contributed by atoms with E-state index in [0.717, 1.165) is 17.1 Å². The molecule has 1 rings (SSSR count). The second kappa shape index (κ2) is 6.11. The number of hydrogen-bond donors (Lipinski definition) is 1. The summed E-state index contributed by atoms with van der Waals surface area (Å²) < 4.78 is 5.81. The molecule has 1 aromatic carbocycles. The first-order valence-corrected chi connectivity index (χ1v) is 5.57. The van der Waals surface area contributed by atoms with Gasteiger partial charge >= 0.3 is 0 Å². The highest BCUT2D eigenvalue weighted by molar-refractivity contribution is 6.31. The summed E-state index contributed by atoms with van der Waals surface area (Å²) >= 11 is 6.13. The van der Waals surface area contributed by atoms with Gasteiger partial charge in [0.25, 0.3) is 0 Å². The molecule has 15 heavy (non-hydrogen) atoms. The third kappa shape index (κ3) is 3.82. The predicted octanol–water partition coefficient (Wildman–Crippen LogP) is 3.03. The van der Waals surface area contributed by atoms with Crippen LogP contribution in [0.1, 0.15) is 25.5 Å². The van der Waals surface area contributed by atoms with Crippen molar-refractivity contribution in [2.45, 2.75) is 26.1 Å². The van der Waals surface area contributed by atoms with Crippen molar-refractivity contribution in [3.63, 3.8) is 0 Å². The van der Waals surface area contributed by atoms with Gasteiger partial charge in [0, 0.05) is 17.1 Å². The topological polar surface area (TPSA) is 21.3 Å². The van der Waals surface area contributed by atoms with Crippen LogP contribution in [0.4, 0.5) is 0 Å². The maximum absolute atomic E-state index is 6.13. The van der Waals surface area contributed by atoms with Crippen LogP contribution in [-0.2, 0) is 4.74 Å². The normalized spacial score (nSPS) is 13.1. The first-order valence-electron chi connectivity index (χ1n) is 5.19. The minimum atomic E-state index is 0.0173. The van der Waals surface area contributed by atoms with Gasteiger partial charge in [0.2, 0.25) is 0 Å². The summed E-state index contributed by atoms with van der Waals surface area (Å²) in [6, 6.07) is 7.81. The molecule has 0 unspecified atom stereocenters. The third-order valence-electron chi connectivity index (χ3n) is 2.08. The minimum absolute atomic E-state index is 0.0173. The monoisotopic (exact) mass is 227 g/mol. The molecule has 0 aromatic heterocycles. The molecule has 2 nitrogen and oxygen atoms in total. The molecule has 0 aliphatic rings. The van der Waals surface area contributed by atoms with Crippen molar-refractivity contribution in [3.05, 3.63) is 34.9 Å². The quantitative estimate of drug-likeness (QED) is 0.835. The number of ether oxygens (including phenoxy) is 1. The average Bonchev–Trinajstić information content (AvgIpc) is 2.17. The van der Waals surface area contributed by atoms with Gasteiger partial charge in [-0.2, -0.15) is 0 Å². The molecule has 1 aromatic rings. The summed E-state index contributed by atoms with van der Waals surface area (Å²) in [5.41, 5.74) is 1.04. The van der Waals surface area contributed by atoms with Crippen molar-refractivity contribution in [2.24, 2.45) is 0 Å². The van der Waals surface area contributed by atoms with Gasteiger partial charge in [0.1, 0.15) is 0 Å². The lowest BCUT2D eigenvalue weighted by atomic mass is 10.1. The molecule has 0 bridgehead atoms. The van der Waals surface area contributed by atoms with Gasteiger partial charge in [-0.15, -0.1) is 0 Å². The Kier molecular flexibility index (Phi) is 5.09. The van der Waals surface area contributed by atoms with Crippen molar-refractivity contribution in [1.29, 1.82) is 0 Å². The summed E-state index contributed by atoms with van der Waals surface area (Å²) in [6.45, 7) is 4.82. The van der Waals surface area contributed by atoms with Crippen molar-refractivity contribution in [2.75, 3.05) is 13.6 Å². The van der Waals surface area contributed by atoms with Gasteiger partial charge in [-0.05, 0) is 27.0 Å². The van der Waals surface area contributed by atoms with Crippen LogP contribution in [0.5, 0.6) is 0 Å². The molecule has 3 heteroatoms. The van der Waals surface area contributed by atoms with Crippen LogP contribution in [0, 0.1) is 0 Å². The Morgan fingerprint density at radius 1 is 1.33 bits per heavy atom. The minimum Gasteiger partial charge on any atom is -0.369 e. The molecule has 84 valence electrons. The van der Waals surface area contributed by atoms with E-state index >= 15 is 0 Å². The summed E-state index contributed by atoms with van der Waals surface area (Å²) in [5, 5.41) is 3.88. The smallest absolute Gasteiger partial charge is 0.0966 e. The van der Waals surface area contributed by atoms with Crippen LogP contribution in [0.3, 0.4) is 0 Å². The fourth-order valence-corrected chi connectivity index (χ4v) is 1.74. The predicted molar refractivity (Wildman–Crippen MR) is 64.3 cm³/mol. The molecule has 0 aliphatic carbocycles. The summed E-state index contributed by atoms with van der Waals surface area (Å²) in [4.78, 5) is 0. The SMILES string of the molecule is CNC[C@H](OC(C)C)c1ccccc1Cl. The third-order valence-corrected chi connectivity index (χ3v) is 2.42. The van der Waals surface area contributed by atoms with E-state index in [-0.39, 0.29) is 12.2 Å². The van der Waals surface area contributed by atoms with Crippen molar-refractivity contribution in [3.8, 4) is 0 Å².